The summed E-state index contributed by atoms with van der Waals surface area (Å²) < 4.78 is 15.5. The van der Waals surface area contributed by atoms with Gasteiger partial charge in [-0.15, -0.1) is 0 Å². The lowest BCUT2D eigenvalue weighted by molar-refractivity contribution is -0.158. The summed E-state index contributed by atoms with van der Waals surface area (Å²) in [5.41, 5.74) is 0. The number of rotatable bonds is 5. The highest BCUT2D eigenvalue weighted by atomic mass is 35.5. The minimum atomic E-state index is -0.639. The number of likely N-dealkylation sites (tertiary alicyclic amines) is 1. The number of nitrogens with zero attached hydrogens (tertiary/aromatic N) is 1. The Labute approximate surface area is 140 Å². The summed E-state index contributed by atoms with van der Waals surface area (Å²) in [6.45, 7) is 0.286. The third-order valence-electron chi connectivity index (χ3n) is 3.86. The first kappa shape index (κ1) is 17.6. The van der Waals surface area contributed by atoms with E-state index < -0.39 is 12.0 Å². The van der Waals surface area contributed by atoms with E-state index in [-0.39, 0.29) is 18.6 Å². The fraction of sp³-hybridized carbons (Fsp3) is 0.500. The zero-order valence-electron chi connectivity index (χ0n) is 13.2. The van der Waals surface area contributed by atoms with Crippen molar-refractivity contribution in [3.63, 3.8) is 0 Å². The zero-order valence-corrected chi connectivity index (χ0v) is 13.9. The molecule has 1 fully saturated rings. The van der Waals surface area contributed by atoms with E-state index in [0.717, 1.165) is 0 Å². The van der Waals surface area contributed by atoms with Crippen molar-refractivity contribution < 1.29 is 23.8 Å². The van der Waals surface area contributed by atoms with Gasteiger partial charge in [-0.05, 0) is 30.7 Å². The molecule has 0 aromatic heterocycles. The smallest absolute Gasteiger partial charge is 0.328 e. The number of piperidine rings is 1. The Bertz CT molecular complexity index is 548. The van der Waals surface area contributed by atoms with E-state index in [1.807, 2.05) is 0 Å². The number of methoxy groups -OCH3 is 2. The molecular weight excluding hydrogens is 322 g/mol. The molecule has 0 N–H and O–H groups in total. The van der Waals surface area contributed by atoms with Crippen LogP contribution >= 0.6 is 11.6 Å². The lowest BCUT2D eigenvalue weighted by Crippen LogP contribution is -2.53. The number of halogens is 1. The molecule has 0 radical (unpaired) electrons. The van der Waals surface area contributed by atoms with Crippen molar-refractivity contribution in [1.29, 1.82) is 0 Å². The minimum absolute atomic E-state index is 0.0552. The largest absolute Gasteiger partial charge is 0.484 e. The molecule has 1 aliphatic rings. The first-order chi connectivity index (χ1) is 11.0. The second-order valence-electron chi connectivity index (χ2n) is 5.25. The van der Waals surface area contributed by atoms with E-state index in [1.165, 1.54) is 12.0 Å². The molecule has 1 aromatic rings. The number of ether oxygens (including phenoxy) is 3. The maximum atomic E-state index is 12.4. The van der Waals surface area contributed by atoms with E-state index in [1.54, 1.807) is 31.4 Å². The summed E-state index contributed by atoms with van der Waals surface area (Å²) in [5, 5.41) is 0.594. The Hall–Kier alpha value is -1.79. The summed E-state index contributed by atoms with van der Waals surface area (Å²) >= 11 is 5.80. The van der Waals surface area contributed by atoms with Crippen LogP contribution in [0.4, 0.5) is 0 Å². The van der Waals surface area contributed by atoms with Crippen LogP contribution in [-0.4, -0.2) is 56.3 Å². The van der Waals surface area contributed by atoms with Gasteiger partial charge in [0.25, 0.3) is 5.91 Å². The third-order valence-corrected chi connectivity index (χ3v) is 4.11. The first-order valence-electron chi connectivity index (χ1n) is 7.33. The van der Waals surface area contributed by atoms with Crippen molar-refractivity contribution in [3.8, 4) is 5.75 Å². The molecule has 0 bridgehead atoms. The molecule has 1 aliphatic heterocycles. The van der Waals surface area contributed by atoms with Crippen LogP contribution in [0, 0.1) is 0 Å². The molecule has 6 nitrogen and oxygen atoms in total. The van der Waals surface area contributed by atoms with Crippen LogP contribution in [0.15, 0.2) is 24.3 Å². The van der Waals surface area contributed by atoms with Crippen LogP contribution in [0.25, 0.3) is 0 Å². The maximum Gasteiger partial charge on any atom is 0.328 e. The summed E-state index contributed by atoms with van der Waals surface area (Å²) in [5.74, 6) is -0.152. The number of carbonyl (C=O) groups is 2. The highest BCUT2D eigenvalue weighted by Gasteiger charge is 2.37. The van der Waals surface area contributed by atoms with Gasteiger partial charge in [-0.2, -0.15) is 0 Å². The second kappa shape index (κ2) is 8.17. The average Bonchev–Trinajstić information content (AvgIpc) is 2.59. The standard InChI is InChI=1S/C16H20ClNO5/c1-21-13-7-8-18(14(9-13)16(20)22-2)15(19)10-23-12-5-3-11(17)4-6-12/h3-6,13-14H,7-10H2,1-2H3/t13-,14+/m1/s1. The van der Waals surface area contributed by atoms with E-state index >= 15 is 0 Å². The van der Waals surface area contributed by atoms with E-state index in [9.17, 15) is 9.59 Å². The summed E-state index contributed by atoms with van der Waals surface area (Å²) in [4.78, 5) is 25.8. The van der Waals surface area contributed by atoms with Gasteiger partial charge in [0.2, 0.25) is 0 Å². The molecule has 23 heavy (non-hydrogen) atoms. The second-order valence-corrected chi connectivity index (χ2v) is 5.69. The predicted octanol–water partition coefficient (Wildman–Crippen LogP) is 1.90. The molecule has 1 amide bonds. The highest BCUT2D eigenvalue weighted by Crippen LogP contribution is 2.21. The molecule has 2 atom stereocenters. The van der Waals surface area contributed by atoms with Crippen LogP contribution < -0.4 is 4.74 Å². The molecule has 2 rings (SSSR count). The first-order valence-corrected chi connectivity index (χ1v) is 7.71. The fourth-order valence-corrected chi connectivity index (χ4v) is 2.69. The Morgan fingerprint density at radius 3 is 2.57 bits per heavy atom. The van der Waals surface area contributed by atoms with Crippen molar-refractivity contribution in [2.24, 2.45) is 0 Å². The van der Waals surface area contributed by atoms with E-state index in [2.05, 4.69) is 0 Å². The number of hydrogen-bond donors (Lipinski definition) is 0. The summed E-state index contributed by atoms with van der Waals surface area (Å²) in [6.07, 6.45) is 1.05. The number of amides is 1. The monoisotopic (exact) mass is 341 g/mol. The van der Waals surface area contributed by atoms with Gasteiger partial charge in [-0.1, -0.05) is 11.6 Å². The SMILES string of the molecule is COC(=O)[C@@H]1C[C@H](OC)CCN1C(=O)COc1ccc(Cl)cc1. The van der Waals surface area contributed by atoms with Crippen LogP contribution in [-0.2, 0) is 19.1 Å². The Morgan fingerprint density at radius 2 is 1.96 bits per heavy atom. The Balaban J connectivity index is 1.98. The van der Waals surface area contributed by atoms with Crippen molar-refractivity contribution >= 4 is 23.5 Å². The van der Waals surface area contributed by atoms with Gasteiger partial charge in [0.15, 0.2) is 6.61 Å². The lowest BCUT2D eigenvalue weighted by atomic mass is 9.99. The minimum Gasteiger partial charge on any atom is -0.484 e. The van der Waals surface area contributed by atoms with Gasteiger partial charge in [0, 0.05) is 25.1 Å². The van der Waals surface area contributed by atoms with Gasteiger partial charge in [0.1, 0.15) is 11.8 Å². The highest BCUT2D eigenvalue weighted by molar-refractivity contribution is 6.30. The van der Waals surface area contributed by atoms with Crippen molar-refractivity contribution in [1.82, 2.24) is 4.90 Å². The van der Waals surface area contributed by atoms with Gasteiger partial charge in [-0.3, -0.25) is 4.79 Å². The molecule has 0 saturated carbocycles. The van der Waals surface area contributed by atoms with Gasteiger partial charge in [0.05, 0.1) is 13.2 Å². The van der Waals surface area contributed by atoms with Crippen LogP contribution in [0.3, 0.4) is 0 Å². The third kappa shape index (κ3) is 4.59. The normalized spacial score (nSPS) is 20.9. The summed E-state index contributed by atoms with van der Waals surface area (Å²) in [7, 11) is 2.91. The summed E-state index contributed by atoms with van der Waals surface area (Å²) in [6, 6.07) is 6.10. The van der Waals surface area contributed by atoms with Crippen LogP contribution in [0.1, 0.15) is 12.8 Å². The maximum absolute atomic E-state index is 12.4. The van der Waals surface area contributed by atoms with E-state index in [0.29, 0.717) is 30.2 Å². The number of hydrogen-bond acceptors (Lipinski definition) is 5. The zero-order chi connectivity index (χ0) is 16.8. The van der Waals surface area contributed by atoms with E-state index in [4.69, 9.17) is 25.8 Å². The molecule has 1 heterocycles. The van der Waals surface area contributed by atoms with Crippen LogP contribution in [0.2, 0.25) is 5.02 Å². The van der Waals surface area contributed by atoms with Gasteiger partial charge in [-0.25, -0.2) is 4.79 Å². The Kier molecular flexibility index (Phi) is 6.24. The topological polar surface area (TPSA) is 65.1 Å². The molecular formula is C16H20ClNO5. The average molecular weight is 342 g/mol. The van der Waals surface area contributed by atoms with Crippen molar-refractivity contribution in [2.45, 2.75) is 25.0 Å². The fourth-order valence-electron chi connectivity index (χ4n) is 2.56. The molecule has 7 heteroatoms. The molecule has 0 aliphatic carbocycles. The number of esters is 1. The van der Waals surface area contributed by atoms with Crippen molar-refractivity contribution in [3.05, 3.63) is 29.3 Å². The quantitative estimate of drug-likeness (QED) is 0.765. The molecule has 126 valence electrons. The number of carbonyl (C=O) groups excluding carboxylic acids is 2. The van der Waals surface area contributed by atoms with Crippen molar-refractivity contribution in [2.75, 3.05) is 27.4 Å². The van der Waals surface area contributed by atoms with Crippen LogP contribution in [0.5, 0.6) is 5.75 Å². The molecule has 1 saturated heterocycles. The van der Waals surface area contributed by atoms with Gasteiger partial charge < -0.3 is 19.1 Å². The number of benzene rings is 1. The molecule has 0 spiro atoms. The lowest BCUT2D eigenvalue weighted by Gasteiger charge is -2.37. The van der Waals surface area contributed by atoms with Gasteiger partial charge >= 0.3 is 5.97 Å². The molecule has 1 aromatic carbocycles. The molecule has 0 unspecified atom stereocenters. The Morgan fingerprint density at radius 1 is 1.26 bits per heavy atom. The predicted molar refractivity (Wildman–Crippen MR) is 84.5 cm³/mol.